The predicted molar refractivity (Wildman–Crippen MR) is 103 cm³/mol. The van der Waals surface area contributed by atoms with Crippen molar-refractivity contribution in [3.63, 3.8) is 0 Å². The fraction of sp³-hybridized carbons (Fsp3) is 0.105. The molecule has 0 radical (unpaired) electrons. The van der Waals surface area contributed by atoms with Crippen LogP contribution in [0.25, 0.3) is 0 Å². The van der Waals surface area contributed by atoms with Crippen LogP contribution in [0.15, 0.2) is 52.4 Å². The lowest BCUT2D eigenvalue weighted by Gasteiger charge is -2.09. The monoisotopic (exact) mass is 422 g/mol. The number of rotatable bonds is 6. The van der Waals surface area contributed by atoms with Gasteiger partial charge in [-0.25, -0.2) is 13.8 Å². The van der Waals surface area contributed by atoms with E-state index in [0.717, 1.165) is 23.9 Å². The summed E-state index contributed by atoms with van der Waals surface area (Å²) in [5.41, 5.74) is -0.139. The molecule has 1 aromatic heterocycles. The van der Waals surface area contributed by atoms with Crippen LogP contribution in [0.5, 0.6) is 11.5 Å². The fourth-order valence-electron chi connectivity index (χ4n) is 2.25. The first kappa shape index (κ1) is 20.0. The molecule has 1 heterocycles. The van der Waals surface area contributed by atoms with Crippen molar-refractivity contribution in [1.82, 2.24) is 9.97 Å². The number of carbonyl (C=O) groups is 1. The fourth-order valence-corrected chi connectivity index (χ4v) is 3.17. The Morgan fingerprint density at radius 1 is 1.18 bits per heavy atom. The van der Waals surface area contributed by atoms with E-state index < -0.39 is 23.0 Å². The zero-order chi connectivity index (χ0) is 20.3. The Labute approximate surface area is 167 Å². The van der Waals surface area contributed by atoms with E-state index in [1.54, 1.807) is 31.2 Å². The Balaban J connectivity index is 1.71. The molecule has 0 fully saturated rings. The van der Waals surface area contributed by atoms with Gasteiger partial charge in [-0.05, 0) is 49.4 Å². The summed E-state index contributed by atoms with van der Waals surface area (Å²) in [7, 11) is 0. The third-order valence-corrected chi connectivity index (χ3v) is 4.76. The van der Waals surface area contributed by atoms with E-state index in [1.165, 1.54) is 6.07 Å². The van der Waals surface area contributed by atoms with Crippen molar-refractivity contribution in [2.75, 3.05) is 5.75 Å². The van der Waals surface area contributed by atoms with Crippen LogP contribution in [0.2, 0.25) is 5.02 Å². The number of ether oxygens (including phenoxy) is 1. The van der Waals surface area contributed by atoms with Crippen LogP contribution in [0.4, 0.5) is 8.78 Å². The van der Waals surface area contributed by atoms with Crippen molar-refractivity contribution in [3.05, 3.63) is 80.7 Å². The summed E-state index contributed by atoms with van der Waals surface area (Å²) in [5, 5.41) is 0.746. The number of carbonyl (C=O) groups excluding carboxylic acids is 1. The van der Waals surface area contributed by atoms with E-state index in [2.05, 4.69) is 9.97 Å². The van der Waals surface area contributed by atoms with E-state index in [4.69, 9.17) is 16.3 Å². The lowest BCUT2D eigenvalue weighted by atomic mass is 10.1. The second-order valence-electron chi connectivity index (χ2n) is 5.68. The van der Waals surface area contributed by atoms with Gasteiger partial charge in [0.15, 0.2) is 22.6 Å². The van der Waals surface area contributed by atoms with Crippen LogP contribution in [0, 0.1) is 18.6 Å². The average molecular weight is 423 g/mol. The summed E-state index contributed by atoms with van der Waals surface area (Å²) < 4.78 is 31.7. The molecule has 0 bridgehead atoms. The molecule has 0 saturated carbocycles. The number of benzene rings is 2. The molecule has 3 aromatic rings. The molecule has 0 amide bonds. The molecule has 0 aliphatic carbocycles. The SMILES string of the molecule is Cc1nc(SCC(=O)c2ccc(F)c(F)c2)[nH]c(=O)c1Oc1ccc(Cl)cc1. The maximum absolute atomic E-state index is 13.2. The van der Waals surface area contributed by atoms with Gasteiger partial charge < -0.3 is 4.74 Å². The molecule has 3 rings (SSSR count). The number of ketones is 1. The number of hydrogen-bond donors (Lipinski definition) is 1. The zero-order valence-electron chi connectivity index (χ0n) is 14.5. The second-order valence-corrected chi connectivity index (χ2v) is 7.08. The first-order valence-electron chi connectivity index (χ1n) is 7.99. The lowest BCUT2D eigenvalue weighted by Crippen LogP contribution is -2.14. The molecule has 0 aliphatic rings. The predicted octanol–water partition coefficient (Wildman–Crippen LogP) is 4.78. The lowest BCUT2D eigenvalue weighted by molar-refractivity contribution is 0.102. The smallest absolute Gasteiger partial charge is 0.294 e. The molecule has 144 valence electrons. The molecule has 28 heavy (non-hydrogen) atoms. The largest absolute Gasteiger partial charge is 0.450 e. The Morgan fingerprint density at radius 2 is 1.89 bits per heavy atom. The van der Waals surface area contributed by atoms with Gasteiger partial charge in [-0.1, -0.05) is 23.4 Å². The number of hydrogen-bond acceptors (Lipinski definition) is 5. The van der Waals surface area contributed by atoms with Crippen molar-refractivity contribution in [3.8, 4) is 11.5 Å². The molecular weight excluding hydrogens is 410 g/mol. The highest BCUT2D eigenvalue weighted by atomic mass is 35.5. The molecule has 0 aliphatic heterocycles. The van der Waals surface area contributed by atoms with Gasteiger partial charge in [-0.3, -0.25) is 14.6 Å². The van der Waals surface area contributed by atoms with Crippen molar-refractivity contribution < 1.29 is 18.3 Å². The van der Waals surface area contributed by atoms with Crippen LogP contribution < -0.4 is 10.3 Å². The minimum absolute atomic E-state index is 0.0265. The summed E-state index contributed by atoms with van der Waals surface area (Å²) in [6.07, 6.45) is 0. The number of H-pyrrole nitrogens is 1. The summed E-state index contributed by atoms with van der Waals surface area (Å²) in [4.78, 5) is 31.2. The van der Waals surface area contributed by atoms with Gasteiger partial charge in [0.1, 0.15) is 5.75 Å². The highest BCUT2D eigenvalue weighted by Crippen LogP contribution is 2.24. The molecule has 5 nitrogen and oxygen atoms in total. The Morgan fingerprint density at radius 3 is 2.54 bits per heavy atom. The first-order valence-corrected chi connectivity index (χ1v) is 9.35. The normalized spacial score (nSPS) is 10.7. The quantitative estimate of drug-likeness (QED) is 0.351. The van der Waals surface area contributed by atoms with Gasteiger partial charge in [0, 0.05) is 10.6 Å². The van der Waals surface area contributed by atoms with Crippen LogP contribution in [0.3, 0.4) is 0 Å². The third kappa shape index (κ3) is 4.76. The molecule has 1 N–H and O–H groups in total. The molecule has 0 saturated heterocycles. The molecular formula is C19H13ClF2N2O3S. The molecule has 0 atom stereocenters. The van der Waals surface area contributed by atoms with Crippen LogP contribution >= 0.6 is 23.4 Å². The van der Waals surface area contributed by atoms with E-state index in [9.17, 15) is 18.4 Å². The summed E-state index contributed by atoms with van der Waals surface area (Å²) in [5.74, 6) is -2.20. The van der Waals surface area contributed by atoms with Gasteiger partial charge in [0.2, 0.25) is 5.75 Å². The maximum atomic E-state index is 13.2. The summed E-state index contributed by atoms with van der Waals surface area (Å²) in [6.45, 7) is 1.60. The number of Topliss-reactive ketones (excluding diaryl/α,β-unsaturated/α-hetero) is 1. The molecule has 2 aromatic carbocycles. The molecule has 9 heteroatoms. The molecule has 0 spiro atoms. The summed E-state index contributed by atoms with van der Waals surface area (Å²) >= 11 is 6.79. The average Bonchev–Trinajstić information content (AvgIpc) is 2.66. The number of thioether (sulfide) groups is 1. The Hall–Kier alpha value is -2.71. The number of nitrogens with zero attached hydrogens (tertiary/aromatic N) is 1. The van der Waals surface area contributed by atoms with Gasteiger partial charge in [0.25, 0.3) is 5.56 Å². The summed E-state index contributed by atoms with van der Waals surface area (Å²) in [6, 6.07) is 9.41. The highest BCUT2D eigenvalue weighted by molar-refractivity contribution is 7.99. The van der Waals surface area contributed by atoms with E-state index in [1.807, 2.05) is 0 Å². The minimum Gasteiger partial charge on any atom is -0.450 e. The van der Waals surface area contributed by atoms with Crippen molar-refractivity contribution in [1.29, 1.82) is 0 Å². The minimum atomic E-state index is -1.10. The van der Waals surface area contributed by atoms with Gasteiger partial charge in [0.05, 0.1) is 11.4 Å². The first-order chi connectivity index (χ1) is 13.3. The Bertz CT molecular complexity index is 1090. The van der Waals surface area contributed by atoms with E-state index in [0.29, 0.717) is 16.5 Å². The zero-order valence-corrected chi connectivity index (χ0v) is 16.0. The van der Waals surface area contributed by atoms with E-state index >= 15 is 0 Å². The van der Waals surface area contributed by atoms with Crippen LogP contribution in [-0.4, -0.2) is 21.5 Å². The van der Waals surface area contributed by atoms with Crippen molar-refractivity contribution in [2.45, 2.75) is 12.1 Å². The number of aryl methyl sites for hydroxylation is 1. The highest BCUT2D eigenvalue weighted by Gasteiger charge is 2.14. The van der Waals surface area contributed by atoms with Gasteiger partial charge >= 0.3 is 0 Å². The number of halogens is 3. The number of aromatic amines is 1. The Kier molecular flexibility index (Phi) is 6.11. The van der Waals surface area contributed by atoms with Crippen LogP contribution in [-0.2, 0) is 0 Å². The van der Waals surface area contributed by atoms with Gasteiger partial charge in [-0.15, -0.1) is 0 Å². The van der Waals surface area contributed by atoms with Crippen molar-refractivity contribution in [2.24, 2.45) is 0 Å². The molecule has 0 unspecified atom stereocenters. The number of aromatic nitrogens is 2. The topological polar surface area (TPSA) is 72.0 Å². The number of nitrogens with one attached hydrogen (secondary N) is 1. The van der Waals surface area contributed by atoms with Crippen LogP contribution in [0.1, 0.15) is 16.1 Å². The van der Waals surface area contributed by atoms with Gasteiger partial charge in [-0.2, -0.15) is 0 Å². The second kappa shape index (κ2) is 8.53. The van der Waals surface area contributed by atoms with E-state index in [-0.39, 0.29) is 22.2 Å². The standard InChI is InChI=1S/C19H13ClF2N2O3S/c1-10-17(27-13-5-3-12(20)4-6-13)18(26)24-19(23-10)28-9-16(25)11-2-7-14(21)15(22)8-11/h2-8H,9H2,1H3,(H,23,24,26). The third-order valence-electron chi connectivity index (χ3n) is 3.64. The maximum Gasteiger partial charge on any atom is 0.294 e. The van der Waals surface area contributed by atoms with Crippen molar-refractivity contribution >= 4 is 29.1 Å².